The van der Waals surface area contributed by atoms with Gasteiger partial charge in [-0.25, -0.2) is 0 Å². The van der Waals surface area contributed by atoms with Crippen LogP contribution < -0.4 is 0 Å². The summed E-state index contributed by atoms with van der Waals surface area (Å²) in [5.74, 6) is 1.19. The third-order valence-electron chi connectivity index (χ3n) is 5.25. The largest absolute Gasteiger partial charge is 0.508 e. The van der Waals surface area contributed by atoms with Gasteiger partial charge in [0.25, 0.3) is 0 Å². The third-order valence-corrected chi connectivity index (χ3v) is 5.25. The van der Waals surface area contributed by atoms with Crippen LogP contribution in [0.2, 0.25) is 0 Å². The van der Waals surface area contributed by atoms with E-state index in [2.05, 4.69) is 13.0 Å². The van der Waals surface area contributed by atoms with Gasteiger partial charge in [0.2, 0.25) is 0 Å². The number of aromatic hydroxyl groups is 1. The molecule has 0 bridgehead atoms. The van der Waals surface area contributed by atoms with Crippen molar-refractivity contribution in [1.82, 2.24) is 0 Å². The van der Waals surface area contributed by atoms with Gasteiger partial charge in [-0.2, -0.15) is 0 Å². The van der Waals surface area contributed by atoms with Gasteiger partial charge in [0.05, 0.1) is 0 Å². The fourth-order valence-electron chi connectivity index (χ4n) is 4.22. The minimum Gasteiger partial charge on any atom is -0.508 e. The summed E-state index contributed by atoms with van der Waals surface area (Å²) in [6.45, 7) is 2.36. The van der Waals surface area contributed by atoms with Crippen molar-refractivity contribution in [3.05, 3.63) is 29.3 Å². The van der Waals surface area contributed by atoms with Crippen LogP contribution in [-0.4, -0.2) is 5.11 Å². The molecule has 0 heterocycles. The average Bonchev–Trinajstić information content (AvgIpc) is 2.38. The summed E-state index contributed by atoms with van der Waals surface area (Å²) in [4.78, 5) is 0. The van der Waals surface area contributed by atoms with Gasteiger partial charge in [0.1, 0.15) is 5.75 Å². The van der Waals surface area contributed by atoms with E-state index in [1.807, 2.05) is 12.1 Å². The zero-order valence-electron chi connectivity index (χ0n) is 10.7. The van der Waals surface area contributed by atoms with Crippen LogP contribution in [0.4, 0.5) is 0 Å². The number of fused-ring (bicyclic) bond motifs is 3. The van der Waals surface area contributed by atoms with Crippen LogP contribution >= 0.6 is 0 Å². The number of phenols is 1. The normalized spacial score (nSPS) is 31.7. The van der Waals surface area contributed by atoms with E-state index in [9.17, 15) is 5.11 Å². The Hall–Kier alpha value is -0.980. The molecule has 1 saturated carbocycles. The molecule has 1 aromatic carbocycles. The molecule has 0 saturated heterocycles. The lowest BCUT2D eigenvalue weighted by Gasteiger charge is -2.48. The molecule has 1 unspecified atom stereocenters. The fourth-order valence-corrected chi connectivity index (χ4v) is 4.22. The molecule has 1 nitrogen and oxygen atoms in total. The number of benzene rings is 1. The van der Waals surface area contributed by atoms with Crippen LogP contribution in [-0.2, 0) is 6.42 Å². The Balaban J connectivity index is 2.04. The van der Waals surface area contributed by atoms with E-state index in [0.29, 0.717) is 11.2 Å². The van der Waals surface area contributed by atoms with Crippen molar-refractivity contribution in [2.75, 3.05) is 0 Å². The molecule has 3 rings (SSSR count). The molecule has 0 aromatic heterocycles. The molecule has 2 aliphatic carbocycles. The maximum absolute atomic E-state index is 9.61. The Morgan fingerprint density at radius 1 is 1.29 bits per heavy atom. The average molecular weight is 230 g/mol. The van der Waals surface area contributed by atoms with Crippen LogP contribution in [0, 0.1) is 5.41 Å². The molecule has 0 amide bonds. The van der Waals surface area contributed by atoms with E-state index in [1.54, 1.807) is 0 Å². The highest BCUT2D eigenvalue weighted by Crippen LogP contribution is 2.55. The Morgan fingerprint density at radius 2 is 2.18 bits per heavy atom. The van der Waals surface area contributed by atoms with Crippen LogP contribution in [0.25, 0.3) is 0 Å². The van der Waals surface area contributed by atoms with Gasteiger partial charge in [-0.05, 0) is 66.7 Å². The topological polar surface area (TPSA) is 20.2 Å². The van der Waals surface area contributed by atoms with Crippen LogP contribution in [0.3, 0.4) is 0 Å². The Morgan fingerprint density at radius 3 is 3.00 bits per heavy atom. The highest BCUT2D eigenvalue weighted by Gasteiger charge is 2.42. The van der Waals surface area contributed by atoms with Gasteiger partial charge in [-0.3, -0.25) is 0 Å². The minimum absolute atomic E-state index is 0.434. The van der Waals surface area contributed by atoms with Crippen LogP contribution in [0.1, 0.15) is 62.5 Å². The summed E-state index contributed by atoms with van der Waals surface area (Å²) in [5, 5.41) is 9.61. The van der Waals surface area contributed by atoms with Crippen molar-refractivity contribution in [1.29, 1.82) is 0 Å². The smallest absolute Gasteiger partial charge is 0.115 e. The second-order valence-electron chi connectivity index (χ2n) is 5.90. The molecule has 2 aliphatic rings. The van der Waals surface area contributed by atoms with Crippen LogP contribution in [0.15, 0.2) is 18.2 Å². The van der Waals surface area contributed by atoms with E-state index in [1.165, 1.54) is 49.7 Å². The van der Waals surface area contributed by atoms with Crippen molar-refractivity contribution in [2.45, 2.75) is 57.8 Å². The van der Waals surface area contributed by atoms with E-state index in [-0.39, 0.29) is 0 Å². The lowest BCUT2D eigenvalue weighted by Crippen LogP contribution is -2.35. The maximum atomic E-state index is 9.61. The highest BCUT2D eigenvalue weighted by molar-refractivity contribution is 5.40. The molecule has 1 aromatic rings. The summed E-state index contributed by atoms with van der Waals surface area (Å²) in [6, 6.07) is 6.05. The van der Waals surface area contributed by atoms with E-state index >= 15 is 0 Å². The van der Waals surface area contributed by atoms with E-state index < -0.39 is 0 Å². The monoisotopic (exact) mass is 230 g/mol. The summed E-state index contributed by atoms with van der Waals surface area (Å²) in [5.41, 5.74) is 3.51. The number of phenolic OH excluding ortho intramolecular Hbond substituents is 1. The van der Waals surface area contributed by atoms with Crippen molar-refractivity contribution in [3.8, 4) is 5.75 Å². The first-order valence-electron chi connectivity index (χ1n) is 7.07. The van der Waals surface area contributed by atoms with Gasteiger partial charge in [-0.1, -0.05) is 25.8 Å². The zero-order chi connectivity index (χ0) is 11.9. The lowest BCUT2D eigenvalue weighted by atomic mass is 9.57. The van der Waals surface area contributed by atoms with E-state index in [4.69, 9.17) is 0 Å². The first-order chi connectivity index (χ1) is 8.25. The molecule has 0 aliphatic heterocycles. The molecule has 0 radical (unpaired) electrons. The number of hydrogen-bond donors (Lipinski definition) is 1. The predicted molar refractivity (Wildman–Crippen MR) is 70.4 cm³/mol. The molecule has 1 N–H and O–H groups in total. The lowest BCUT2D eigenvalue weighted by molar-refractivity contribution is 0.118. The summed E-state index contributed by atoms with van der Waals surface area (Å²) in [6.07, 6.45) is 9.36. The molecule has 2 atom stereocenters. The molecular weight excluding hydrogens is 208 g/mol. The SMILES string of the molecule is CCC12CCCC[C@@H]1c1ccc(O)cc1CC2. The molecule has 1 heteroatoms. The second-order valence-corrected chi connectivity index (χ2v) is 5.90. The number of hydrogen-bond acceptors (Lipinski definition) is 1. The minimum atomic E-state index is 0.434. The van der Waals surface area contributed by atoms with Crippen molar-refractivity contribution in [2.24, 2.45) is 5.41 Å². The first-order valence-corrected chi connectivity index (χ1v) is 7.07. The number of rotatable bonds is 1. The molecular formula is C16H22O. The van der Waals surface area contributed by atoms with Gasteiger partial charge in [-0.15, -0.1) is 0 Å². The van der Waals surface area contributed by atoms with Crippen molar-refractivity contribution in [3.63, 3.8) is 0 Å². The summed E-state index contributed by atoms with van der Waals surface area (Å²) in [7, 11) is 0. The van der Waals surface area contributed by atoms with E-state index in [0.717, 1.165) is 12.3 Å². The quantitative estimate of drug-likeness (QED) is 0.758. The Labute approximate surface area is 104 Å². The molecule has 1 fully saturated rings. The molecule has 0 spiro atoms. The predicted octanol–water partition coefficient (Wildman–Crippen LogP) is 4.39. The van der Waals surface area contributed by atoms with Crippen molar-refractivity contribution < 1.29 is 5.11 Å². The maximum Gasteiger partial charge on any atom is 0.115 e. The first kappa shape index (κ1) is 11.1. The molecule has 92 valence electrons. The van der Waals surface area contributed by atoms with Crippen molar-refractivity contribution >= 4 is 0 Å². The zero-order valence-corrected chi connectivity index (χ0v) is 10.7. The van der Waals surface area contributed by atoms with Gasteiger partial charge >= 0.3 is 0 Å². The fraction of sp³-hybridized carbons (Fsp3) is 0.625. The van der Waals surface area contributed by atoms with Gasteiger partial charge in [0.15, 0.2) is 0 Å². The highest BCUT2D eigenvalue weighted by atomic mass is 16.3. The Kier molecular flexibility index (Phi) is 2.65. The summed E-state index contributed by atoms with van der Waals surface area (Å²) >= 11 is 0. The standard InChI is InChI=1S/C16H22O/c1-2-16-9-4-3-5-15(16)14-7-6-13(17)11-12(14)8-10-16/h6-7,11,15,17H,2-5,8-10H2,1H3/t15-,16?/m1/s1. The summed E-state index contributed by atoms with van der Waals surface area (Å²) < 4.78 is 0. The number of aryl methyl sites for hydroxylation is 1. The molecule has 17 heavy (non-hydrogen) atoms. The van der Waals surface area contributed by atoms with Crippen LogP contribution in [0.5, 0.6) is 5.75 Å². The second kappa shape index (κ2) is 4.04. The van der Waals surface area contributed by atoms with Gasteiger partial charge < -0.3 is 5.11 Å². The van der Waals surface area contributed by atoms with Gasteiger partial charge in [0, 0.05) is 0 Å². The third kappa shape index (κ3) is 1.67. The Bertz CT molecular complexity index is 424.